The van der Waals surface area contributed by atoms with E-state index in [1.54, 1.807) is 14.0 Å². The van der Waals surface area contributed by atoms with Crippen molar-refractivity contribution < 1.29 is 14.1 Å². The summed E-state index contributed by atoms with van der Waals surface area (Å²) in [5.74, 6) is 1.17. The van der Waals surface area contributed by atoms with Gasteiger partial charge in [-0.15, -0.1) is 0 Å². The van der Waals surface area contributed by atoms with Crippen molar-refractivity contribution >= 4 is 16.8 Å². The monoisotopic (exact) mass is 411 g/mol. The summed E-state index contributed by atoms with van der Waals surface area (Å²) in [5, 5.41) is 5.21. The summed E-state index contributed by atoms with van der Waals surface area (Å²) in [4.78, 5) is 24.4. The van der Waals surface area contributed by atoms with Crippen molar-refractivity contribution in [1.29, 1.82) is 0 Å². The van der Waals surface area contributed by atoms with E-state index in [2.05, 4.69) is 44.3 Å². The van der Waals surface area contributed by atoms with E-state index in [4.69, 9.17) is 9.26 Å². The molecule has 1 saturated heterocycles. The Labute approximate surface area is 176 Å². The van der Waals surface area contributed by atoms with E-state index in [1.165, 1.54) is 16.5 Å². The second-order valence-electron chi connectivity index (χ2n) is 7.93. The molecule has 1 aromatic carbocycles. The first-order valence-electron chi connectivity index (χ1n) is 10.5. The Morgan fingerprint density at radius 2 is 2.30 bits per heavy atom. The summed E-state index contributed by atoms with van der Waals surface area (Å²) in [5.41, 5.74) is 2.46. The molecule has 0 saturated carbocycles. The van der Waals surface area contributed by atoms with Crippen LogP contribution < -0.4 is 0 Å². The number of piperidine rings is 1. The van der Waals surface area contributed by atoms with Gasteiger partial charge in [-0.2, -0.15) is 4.98 Å². The number of rotatable bonds is 8. The third-order valence-corrected chi connectivity index (χ3v) is 5.71. The summed E-state index contributed by atoms with van der Waals surface area (Å²) in [6.45, 7) is 5.36. The Bertz CT molecular complexity index is 982. The number of carbonyl (C=O) groups is 1. The van der Waals surface area contributed by atoms with E-state index in [-0.39, 0.29) is 11.9 Å². The number of hydrogen-bond acceptors (Lipinski definition) is 6. The second-order valence-corrected chi connectivity index (χ2v) is 7.93. The van der Waals surface area contributed by atoms with Crippen molar-refractivity contribution in [3.8, 4) is 0 Å². The van der Waals surface area contributed by atoms with Gasteiger partial charge in [0.25, 0.3) is 5.89 Å². The number of hydrogen-bond donors (Lipinski definition) is 1. The first kappa shape index (κ1) is 20.6. The Morgan fingerprint density at radius 1 is 1.40 bits per heavy atom. The molecule has 160 valence electrons. The molecule has 3 heterocycles. The smallest absolute Gasteiger partial charge is 0.252 e. The van der Waals surface area contributed by atoms with E-state index >= 15 is 0 Å². The average Bonchev–Trinajstić information content (AvgIpc) is 3.37. The lowest BCUT2D eigenvalue weighted by Gasteiger charge is -2.39. The lowest BCUT2D eigenvalue weighted by atomic mass is 10.0. The zero-order valence-corrected chi connectivity index (χ0v) is 17.6. The zero-order chi connectivity index (χ0) is 20.9. The third-order valence-electron chi connectivity index (χ3n) is 5.71. The van der Waals surface area contributed by atoms with Crippen LogP contribution in [0.3, 0.4) is 0 Å². The summed E-state index contributed by atoms with van der Waals surface area (Å²) in [6, 6.07) is 8.86. The van der Waals surface area contributed by atoms with Gasteiger partial charge < -0.3 is 19.1 Å². The highest BCUT2D eigenvalue weighted by Crippen LogP contribution is 2.21. The molecule has 0 aliphatic carbocycles. The topological polar surface area (TPSA) is 87.5 Å². The van der Waals surface area contributed by atoms with Gasteiger partial charge in [0.1, 0.15) is 6.61 Å². The highest BCUT2D eigenvalue weighted by Gasteiger charge is 2.27. The van der Waals surface area contributed by atoms with Crippen molar-refractivity contribution in [2.75, 3.05) is 26.7 Å². The molecule has 0 spiro atoms. The fraction of sp³-hybridized carbons (Fsp3) is 0.500. The van der Waals surface area contributed by atoms with Crippen LogP contribution in [0.4, 0.5) is 0 Å². The standard InChI is InChI=1S/C22H29N5O3/c1-16(28)27(11-8-21-24-22(15-29-2)30-25-21)19-4-3-10-26(14-19)13-17-5-6-18-7-9-23-20(18)12-17/h5-7,9,12,19,23H,3-4,8,10-11,13-15H2,1-2H3. The SMILES string of the molecule is COCc1nc(CCN(C(C)=O)C2CCCN(Cc3ccc4cc[nH]c4c3)C2)no1. The highest BCUT2D eigenvalue weighted by atomic mass is 16.5. The Balaban J connectivity index is 1.37. The molecule has 1 amide bonds. The molecule has 0 bridgehead atoms. The van der Waals surface area contributed by atoms with Gasteiger partial charge in [0.2, 0.25) is 5.91 Å². The third kappa shape index (κ3) is 4.88. The summed E-state index contributed by atoms with van der Waals surface area (Å²) < 4.78 is 10.2. The van der Waals surface area contributed by atoms with Gasteiger partial charge in [-0.1, -0.05) is 17.3 Å². The number of H-pyrrole nitrogens is 1. The minimum Gasteiger partial charge on any atom is -0.375 e. The van der Waals surface area contributed by atoms with Crippen molar-refractivity contribution in [3.05, 3.63) is 47.7 Å². The molecule has 1 N–H and O–H groups in total. The molecule has 0 radical (unpaired) electrons. The number of likely N-dealkylation sites (tertiary alicyclic amines) is 1. The van der Waals surface area contributed by atoms with Crippen LogP contribution in [-0.4, -0.2) is 63.6 Å². The fourth-order valence-corrected chi connectivity index (χ4v) is 4.27. The molecule has 8 nitrogen and oxygen atoms in total. The number of methoxy groups -OCH3 is 1. The summed E-state index contributed by atoms with van der Waals surface area (Å²) in [7, 11) is 1.59. The van der Waals surface area contributed by atoms with E-state index in [9.17, 15) is 4.79 Å². The van der Waals surface area contributed by atoms with Gasteiger partial charge in [0.15, 0.2) is 5.82 Å². The van der Waals surface area contributed by atoms with Gasteiger partial charge >= 0.3 is 0 Å². The maximum atomic E-state index is 12.4. The van der Waals surface area contributed by atoms with E-state index in [0.717, 1.165) is 32.5 Å². The van der Waals surface area contributed by atoms with Crippen LogP contribution in [0.5, 0.6) is 0 Å². The van der Waals surface area contributed by atoms with E-state index in [0.29, 0.717) is 31.3 Å². The molecule has 1 atom stereocenters. The van der Waals surface area contributed by atoms with Crippen LogP contribution in [0, 0.1) is 0 Å². The molecule has 1 fully saturated rings. The highest BCUT2D eigenvalue weighted by molar-refractivity contribution is 5.79. The maximum Gasteiger partial charge on any atom is 0.252 e. The van der Waals surface area contributed by atoms with Gasteiger partial charge in [-0.05, 0) is 42.5 Å². The number of fused-ring (bicyclic) bond motifs is 1. The number of nitrogens with zero attached hydrogens (tertiary/aromatic N) is 4. The normalized spacial score (nSPS) is 17.5. The van der Waals surface area contributed by atoms with Gasteiger partial charge in [-0.25, -0.2) is 0 Å². The zero-order valence-electron chi connectivity index (χ0n) is 17.6. The predicted molar refractivity (Wildman–Crippen MR) is 113 cm³/mol. The molecule has 8 heteroatoms. The van der Waals surface area contributed by atoms with Gasteiger partial charge in [0.05, 0.1) is 0 Å². The average molecular weight is 412 g/mol. The molecular weight excluding hydrogens is 382 g/mol. The first-order chi connectivity index (χ1) is 14.6. The van der Waals surface area contributed by atoms with Crippen LogP contribution in [0.15, 0.2) is 35.0 Å². The van der Waals surface area contributed by atoms with Crippen molar-refractivity contribution in [2.24, 2.45) is 0 Å². The van der Waals surface area contributed by atoms with Crippen LogP contribution >= 0.6 is 0 Å². The Kier molecular flexibility index (Phi) is 6.44. The number of benzene rings is 1. The molecule has 1 unspecified atom stereocenters. The minimum atomic E-state index is 0.0928. The number of nitrogens with one attached hydrogen (secondary N) is 1. The van der Waals surface area contributed by atoms with Crippen LogP contribution in [0.25, 0.3) is 10.9 Å². The number of carbonyl (C=O) groups excluding carboxylic acids is 1. The number of amides is 1. The van der Waals surface area contributed by atoms with E-state index in [1.807, 2.05) is 11.1 Å². The predicted octanol–water partition coefficient (Wildman–Crippen LogP) is 2.75. The van der Waals surface area contributed by atoms with Crippen molar-refractivity contribution in [2.45, 2.75) is 45.4 Å². The van der Waals surface area contributed by atoms with Crippen LogP contribution in [0.2, 0.25) is 0 Å². The van der Waals surface area contributed by atoms with Gasteiger partial charge in [0, 0.05) is 57.8 Å². The largest absolute Gasteiger partial charge is 0.375 e. The molecular formula is C22H29N5O3. The molecule has 2 aromatic heterocycles. The number of aromatic amines is 1. The molecule has 4 rings (SSSR count). The van der Waals surface area contributed by atoms with E-state index < -0.39 is 0 Å². The molecule has 1 aliphatic heterocycles. The maximum absolute atomic E-state index is 12.4. The Hall–Kier alpha value is -2.71. The van der Waals surface area contributed by atoms with Crippen molar-refractivity contribution in [1.82, 2.24) is 24.9 Å². The second kappa shape index (κ2) is 9.40. The number of ether oxygens (including phenoxy) is 1. The minimum absolute atomic E-state index is 0.0928. The van der Waals surface area contributed by atoms with Crippen molar-refractivity contribution in [3.63, 3.8) is 0 Å². The molecule has 30 heavy (non-hydrogen) atoms. The first-order valence-corrected chi connectivity index (χ1v) is 10.5. The summed E-state index contributed by atoms with van der Waals surface area (Å²) >= 11 is 0. The quantitative estimate of drug-likeness (QED) is 0.613. The van der Waals surface area contributed by atoms with Crippen LogP contribution in [0.1, 0.15) is 37.0 Å². The lowest BCUT2D eigenvalue weighted by Crippen LogP contribution is -2.50. The molecule has 1 aliphatic rings. The fourth-order valence-electron chi connectivity index (χ4n) is 4.27. The Morgan fingerprint density at radius 3 is 3.13 bits per heavy atom. The van der Waals surface area contributed by atoms with Gasteiger partial charge in [-0.3, -0.25) is 9.69 Å². The lowest BCUT2D eigenvalue weighted by molar-refractivity contribution is -0.132. The number of aromatic nitrogens is 3. The molecule has 3 aromatic rings. The summed E-state index contributed by atoms with van der Waals surface area (Å²) in [6.07, 6.45) is 4.65. The van der Waals surface area contributed by atoms with Crippen LogP contribution in [-0.2, 0) is 29.1 Å².